The third-order valence-corrected chi connectivity index (χ3v) is 5.97. The predicted octanol–water partition coefficient (Wildman–Crippen LogP) is 2.30. The van der Waals surface area contributed by atoms with Crippen molar-refractivity contribution in [3.05, 3.63) is 0 Å². The van der Waals surface area contributed by atoms with Gasteiger partial charge in [-0.15, -0.1) is 0 Å². The monoisotopic (exact) mass is 378 g/mol. The molecule has 2 saturated carbocycles. The van der Waals surface area contributed by atoms with E-state index < -0.39 is 11.9 Å². The minimum Gasteiger partial charge on any atom is -0.550 e. The molecule has 0 aromatic heterocycles. The van der Waals surface area contributed by atoms with E-state index in [4.69, 9.17) is 0 Å². The number of hydrogen-bond acceptors (Lipinski definition) is 4. The maximum Gasteiger partial charge on any atom is 2.00 e. The molecule has 0 heterocycles. The average Bonchev–Trinajstić information content (AvgIpc) is 3.20. The van der Waals surface area contributed by atoms with Gasteiger partial charge in [-0.25, -0.2) is 0 Å². The maximum atomic E-state index is 10.2. The minimum absolute atomic E-state index is 0. The Kier molecular flexibility index (Phi) is 14.4. The molecule has 2 rings (SSSR count). The van der Waals surface area contributed by atoms with E-state index >= 15 is 0 Å². The number of carbonyl (C=O) groups excluding carboxylic acids is 2. The molecule has 0 saturated heterocycles. The van der Waals surface area contributed by atoms with Crippen molar-refractivity contribution >= 4 is 49.7 Å². The Balaban J connectivity index is 0.000000443. The Labute approximate surface area is 183 Å². The Morgan fingerprint density at radius 2 is 1.04 bits per heavy atom. The minimum atomic E-state index is -0.894. The summed E-state index contributed by atoms with van der Waals surface area (Å²) >= 11 is 0. The second-order valence-electron chi connectivity index (χ2n) is 7.73. The summed E-state index contributed by atoms with van der Waals surface area (Å²) in [6, 6.07) is 0. The zero-order chi connectivity index (χ0) is 17.9. The Hall–Kier alpha value is 0.200. The van der Waals surface area contributed by atoms with E-state index in [9.17, 15) is 19.8 Å². The van der Waals surface area contributed by atoms with Crippen LogP contribution in [0.15, 0.2) is 0 Å². The molecule has 4 nitrogen and oxygen atoms in total. The Bertz CT molecular complexity index is 350. The summed E-state index contributed by atoms with van der Waals surface area (Å²) in [5, 5.41) is 20.4. The zero-order valence-corrected chi connectivity index (χ0v) is 18.3. The first kappa shape index (κ1) is 25.2. The topological polar surface area (TPSA) is 80.3 Å². The van der Waals surface area contributed by atoms with Gasteiger partial charge >= 0.3 is 37.7 Å². The summed E-state index contributed by atoms with van der Waals surface area (Å²) in [4.78, 5) is 20.4. The average molecular weight is 379 g/mol. The van der Waals surface area contributed by atoms with E-state index in [0.29, 0.717) is 11.8 Å². The van der Waals surface area contributed by atoms with Gasteiger partial charge in [-0.2, -0.15) is 0 Å². The van der Waals surface area contributed by atoms with Crippen LogP contribution in [0.4, 0.5) is 0 Å². The third-order valence-electron chi connectivity index (χ3n) is 5.97. The molecule has 25 heavy (non-hydrogen) atoms. The molecule has 0 N–H and O–H groups in total. The van der Waals surface area contributed by atoms with Crippen molar-refractivity contribution in [3.8, 4) is 0 Å². The van der Waals surface area contributed by atoms with Gasteiger partial charge in [0, 0.05) is 11.9 Å². The molecule has 0 spiro atoms. The van der Waals surface area contributed by atoms with Crippen LogP contribution in [0.25, 0.3) is 0 Å². The molecule has 2 aliphatic rings. The van der Waals surface area contributed by atoms with Gasteiger partial charge in [0.05, 0.1) is 0 Å². The largest absolute Gasteiger partial charge is 2.00 e. The van der Waals surface area contributed by atoms with Crippen molar-refractivity contribution in [1.82, 2.24) is 0 Å². The van der Waals surface area contributed by atoms with Crippen LogP contribution in [0.5, 0.6) is 0 Å². The van der Waals surface area contributed by atoms with Crippen molar-refractivity contribution in [2.24, 2.45) is 23.7 Å². The summed E-state index contributed by atoms with van der Waals surface area (Å²) in [6.45, 7) is 4.43. The van der Waals surface area contributed by atoms with Crippen molar-refractivity contribution in [1.29, 1.82) is 0 Å². The van der Waals surface area contributed by atoms with Crippen LogP contribution in [-0.2, 0) is 9.59 Å². The fraction of sp³-hybridized carbons (Fsp3) is 0.900. The van der Waals surface area contributed by atoms with Crippen LogP contribution in [0, 0.1) is 23.7 Å². The summed E-state index contributed by atoms with van der Waals surface area (Å²) in [5.74, 6) is 1.25. The van der Waals surface area contributed by atoms with E-state index in [0.717, 1.165) is 24.7 Å². The number of carboxylic acid groups (broad SMARTS) is 2. The van der Waals surface area contributed by atoms with Crippen molar-refractivity contribution < 1.29 is 19.8 Å². The normalized spacial score (nSPS) is 27.9. The van der Waals surface area contributed by atoms with Gasteiger partial charge in [0.2, 0.25) is 0 Å². The van der Waals surface area contributed by atoms with Crippen LogP contribution in [-0.4, -0.2) is 49.7 Å². The number of rotatable bonds is 8. The van der Waals surface area contributed by atoms with Gasteiger partial charge in [-0.1, -0.05) is 52.4 Å². The van der Waals surface area contributed by atoms with Crippen LogP contribution in [0.3, 0.4) is 0 Å². The molecular formula is C20H34CaO4. The molecule has 0 unspecified atom stereocenters. The van der Waals surface area contributed by atoms with Gasteiger partial charge in [0.15, 0.2) is 0 Å². The molecule has 0 aromatic rings. The van der Waals surface area contributed by atoms with Crippen LogP contribution in [0.1, 0.15) is 90.9 Å². The molecule has 0 aromatic carbocycles. The molecule has 2 aliphatic carbocycles. The summed E-state index contributed by atoms with van der Waals surface area (Å²) in [7, 11) is 0. The molecule has 4 atom stereocenters. The summed E-state index contributed by atoms with van der Waals surface area (Å²) in [5.41, 5.74) is 0. The van der Waals surface area contributed by atoms with E-state index in [-0.39, 0.29) is 50.6 Å². The molecule has 140 valence electrons. The van der Waals surface area contributed by atoms with E-state index in [1.54, 1.807) is 0 Å². The zero-order valence-electron chi connectivity index (χ0n) is 16.1. The van der Waals surface area contributed by atoms with Gasteiger partial charge < -0.3 is 19.8 Å². The first-order chi connectivity index (χ1) is 11.4. The number of aliphatic carboxylic acids is 2. The predicted molar refractivity (Wildman–Crippen MR) is 96.5 cm³/mol. The van der Waals surface area contributed by atoms with Crippen LogP contribution in [0.2, 0.25) is 0 Å². The quantitative estimate of drug-likeness (QED) is 0.607. The van der Waals surface area contributed by atoms with Crippen molar-refractivity contribution in [2.45, 2.75) is 90.9 Å². The second-order valence-corrected chi connectivity index (χ2v) is 7.73. The molecule has 0 radical (unpaired) electrons. The number of carboxylic acids is 2. The molecular weight excluding hydrogens is 344 g/mol. The fourth-order valence-corrected chi connectivity index (χ4v) is 4.27. The first-order valence-corrected chi connectivity index (χ1v) is 9.84. The molecule has 0 aliphatic heterocycles. The van der Waals surface area contributed by atoms with Gasteiger partial charge in [-0.3, -0.25) is 0 Å². The Morgan fingerprint density at radius 1 is 0.720 bits per heavy atom. The van der Waals surface area contributed by atoms with Crippen LogP contribution < -0.4 is 10.2 Å². The van der Waals surface area contributed by atoms with Crippen LogP contribution >= 0.6 is 0 Å². The smallest absolute Gasteiger partial charge is 0.550 e. The van der Waals surface area contributed by atoms with Crippen molar-refractivity contribution in [3.63, 3.8) is 0 Å². The Morgan fingerprint density at radius 3 is 1.28 bits per heavy atom. The SMILES string of the molecule is CC[C@@H]1CC[C@@H](CCC(=O)[O-])C1.CC[C@H]1CC[C@H](CCC(=O)[O-])C1.[Ca+2]. The van der Waals surface area contributed by atoms with E-state index in [1.807, 2.05) is 0 Å². The van der Waals surface area contributed by atoms with Gasteiger partial charge in [0.25, 0.3) is 0 Å². The fourth-order valence-electron chi connectivity index (χ4n) is 4.27. The standard InChI is InChI=1S/2C10H18O2.Ca/c2*1-2-8-3-4-9(7-8)5-6-10(11)12;/h2*8-9H,2-7H2,1H3,(H,11,12);/q;;+2/p-2/t2*8-,9+;/m10./s1. The number of carbonyl (C=O) groups is 2. The third kappa shape index (κ3) is 11.5. The van der Waals surface area contributed by atoms with E-state index in [2.05, 4.69) is 13.8 Å². The van der Waals surface area contributed by atoms with Gasteiger partial charge in [-0.05, 0) is 62.2 Å². The molecule has 0 amide bonds. The molecule has 5 heteroatoms. The summed E-state index contributed by atoms with van der Waals surface area (Å²) in [6.07, 6.45) is 12.2. The number of hydrogen-bond donors (Lipinski definition) is 0. The summed E-state index contributed by atoms with van der Waals surface area (Å²) < 4.78 is 0. The molecule has 2 fully saturated rings. The second kappa shape index (κ2) is 14.3. The first-order valence-electron chi connectivity index (χ1n) is 9.84. The van der Waals surface area contributed by atoms with Gasteiger partial charge in [0.1, 0.15) is 0 Å². The van der Waals surface area contributed by atoms with E-state index in [1.165, 1.54) is 51.4 Å². The molecule has 0 bridgehead atoms. The maximum absolute atomic E-state index is 10.2. The van der Waals surface area contributed by atoms with Crippen molar-refractivity contribution in [2.75, 3.05) is 0 Å².